The summed E-state index contributed by atoms with van der Waals surface area (Å²) in [6.07, 6.45) is 3.31. The van der Waals surface area contributed by atoms with Crippen molar-refractivity contribution >= 4 is 28.1 Å². The smallest absolute Gasteiger partial charge is 0.227 e. The monoisotopic (exact) mass is 535 g/mol. The molecule has 1 amide bonds. The number of nitrogens with zero attached hydrogens (tertiary/aromatic N) is 6. The average Bonchev–Trinajstić information content (AvgIpc) is 3.40. The molecule has 0 radical (unpaired) electrons. The maximum absolute atomic E-state index is 12.8. The first-order valence-corrected chi connectivity index (χ1v) is 13.6. The number of anilines is 1. The normalized spacial score (nSPS) is 17.4. The van der Waals surface area contributed by atoms with Crippen molar-refractivity contribution in [1.29, 1.82) is 0 Å². The van der Waals surface area contributed by atoms with Gasteiger partial charge in [-0.2, -0.15) is 9.61 Å². The fraction of sp³-hybridized carbons (Fsp3) is 0.300. The number of benzene rings is 2. The van der Waals surface area contributed by atoms with Crippen LogP contribution in [0, 0.1) is 0 Å². The van der Waals surface area contributed by atoms with Crippen molar-refractivity contribution in [3.05, 3.63) is 83.8 Å². The molecule has 0 spiro atoms. The third-order valence-corrected chi connectivity index (χ3v) is 7.44. The predicted molar refractivity (Wildman–Crippen MR) is 150 cm³/mol. The van der Waals surface area contributed by atoms with E-state index in [0.29, 0.717) is 51.2 Å². The molecule has 1 atom stereocenters. The van der Waals surface area contributed by atoms with Crippen LogP contribution in [0.1, 0.15) is 23.4 Å². The highest BCUT2D eigenvalue weighted by Gasteiger charge is 2.25. The Labute approximate surface area is 230 Å². The molecule has 10 nitrogen and oxygen atoms in total. The molecule has 5 heterocycles. The molecule has 1 unspecified atom stereocenters. The molecule has 1 N–H and O–H groups in total. The van der Waals surface area contributed by atoms with Gasteiger partial charge in [-0.1, -0.05) is 18.2 Å². The van der Waals surface area contributed by atoms with Crippen LogP contribution in [-0.2, 0) is 27.1 Å². The first-order chi connectivity index (χ1) is 19.7. The zero-order valence-corrected chi connectivity index (χ0v) is 22.0. The molecule has 0 bridgehead atoms. The molecular weight excluding hydrogens is 506 g/mol. The zero-order chi connectivity index (χ0) is 26.9. The van der Waals surface area contributed by atoms with Crippen molar-refractivity contribution in [1.82, 2.24) is 30.1 Å². The van der Waals surface area contributed by atoms with Crippen LogP contribution in [0.15, 0.2) is 66.9 Å². The minimum atomic E-state index is -0.266. The van der Waals surface area contributed by atoms with Gasteiger partial charge in [0.25, 0.3) is 0 Å². The highest BCUT2D eigenvalue weighted by atomic mass is 16.7. The Balaban J connectivity index is 1.12. The van der Waals surface area contributed by atoms with Gasteiger partial charge in [0.15, 0.2) is 17.8 Å². The minimum absolute atomic E-state index is 0.115. The van der Waals surface area contributed by atoms with E-state index < -0.39 is 0 Å². The van der Waals surface area contributed by atoms with Crippen LogP contribution in [0.5, 0.6) is 0 Å². The lowest BCUT2D eigenvalue weighted by atomic mass is 9.97. The third kappa shape index (κ3) is 4.92. The summed E-state index contributed by atoms with van der Waals surface area (Å²) in [7, 11) is 0. The van der Waals surface area contributed by atoms with Crippen LogP contribution in [-0.4, -0.2) is 69.8 Å². The molecule has 0 aliphatic carbocycles. The number of morpholine rings is 1. The van der Waals surface area contributed by atoms with Crippen molar-refractivity contribution in [3.63, 3.8) is 0 Å². The van der Waals surface area contributed by atoms with E-state index in [0.717, 1.165) is 51.3 Å². The molecule has 40 heavy (non-hydrogen) atoms. The summed E-state index contributed by atoms with van der Waals surface area (Å²) in [5.74, 6) is 0.886. The van der Waals surface area contributed by atoms with Crippen LogP contribution in [0.4, 0.5) is 5.69 Å². The number of ether oxygens (including phenoxy) is 2. The maximum atomic E-state index is 12.8. The molecule has 2 aromatic carbocycles. The Kier molecular flexibility index (Phi) is 6.64. The average molecular weight is 536 g/mol. The van der Waals surface area contributed by atoms with Gasteiger partial charge in [-0.05, 0) is 60.0 Å². The second kappa shape index (κ2) is 10.7. The van der Waals surface area contributed by atoms with Gasteiger partial charge in [-0.25, -0.2) is 0 Å². The molecule has 3 aromatic heterocycles. The lowest BCUT2D eigenvalue weighted by Crippen LogP contribution is -2.42. The Morgan fingerprint density at radius 2 is 2.02 bits per heavy atom. The number of fused-ring (bicyclic) bond motifs is 3. The minimum Gasteiger partial charge on any atom is -0.350 e. The van der Waals surface area contributed by atoms with Gasteiger partial charge in [-0.3, -0.25) is 9.78 Å². The van der Waals surface area contributed by atoms with E-state index in [1.807, 2.05) is 45.8 Å². The summed E-state index contributed by atoms with van der Waals surface area (Å²) in [4.78, 5) is 19.0. The Morgan fingerprint density at radius 3 is 2.95 bits per heavy atom. The lowest BCUT2D eigenvalue weighted by molar-refractivity contribution is -0.151. The van der Waals surface area contributed by atoms with Crippen LogP contribution in [0.3, 0.4) is 0 Å². The molecule has 7 rings (SSSR count). The molecule has 1 fully saturated rings. The third-order valence-electron chi connectivity index (χ3n) is 7.44. The highest BCUT2D eigenvalue weighted by Crippen LogP contribution is 2.32. The van der Waals surface area contributed by atoms with Crippen molar-refractivity contribution in [2.75, 3.05) is 37.7 Å². The number of aromatic nitrogens is 5. The summed E-state index contributed by atoms with van der Waals surface area (Å²) in [6, 6.07) is 20.3. The molecule has 10 heteroatoms. The number of amides is 1. The van der Waals surface area contributed by atoms with E-state index in [1.54, 1.807) is 6.20 Å². The van der Waals surface area contributed by atoms with Gasteiger partial charge in [-0.15, -0.1) is 10.2 Å². The van der Waals surface area contributed by atoms with Crippen molar-refractivity contribution in [2.24, 2.45) is 0 Å². The number of hydrogen-bond acceptors (Lipinski definition) is 8. The summed E-state index contributed by atoms with van der Waals surface area (Å²) < 4.78 is 13.3. The van der Waals surface area contributed by atoms with Crippen molar-refractivity contribution < 1.29 is 14.3 Å². The second-order valence-electron chi connectivity index (χ2n) is 10.1. The molecule has 1 saturated heterocycles. The molecule has 202 valence electrons. The van der Waals surface area contributed by atoms with E-state index >= 15 is 0 Å². The highest BCUT2D eigenvalue weighted by molar-refractivity contribution is 5.96. The first kappa shape index (κ1) is 24.8. The number of hydrogen-bond donors (Lipinski definition) is 1. The Bertz CT molecular complexity index is 1700. The Hall–Kier alpha value is -4.25. The zero-order valence-electron chi connectivity index (χ0n) is 22.0. The molecule has 2 aliphatic rings. The Morgan fingerprint density at radius 1 is 1.05 bits per heavy atom. The fourth-order valence-corrected chi connectivity index (χ4v) is 5.40. The van der Waals surface area contributed by atoms with Gasteiger partial charge in [0.2, 0.25) is 5.91 Å². The maximum Gasteiger partial charge on any atom is 0.227 e. The van der Waals surface area contributed by atoms with Crippen LogP contribution in [0.2, 0.25) is 0 Å². The van der Waals surface area contributed by atoms with Crippen molar-refractivity contribution in [2.45, 2.75) is 25.6 Å². The van der Waals surface area contributed by atoms with Crippen LogP contribution >= 0.6 is 0 Å². The van der Waals surface area contributed by atoms with Gasteiger partial charge in [0.1, 0.15) is 0 Å². The SMILES string of the molecule is O=C1CCc2cc(-c3ccc4nnc(Cc5ccc6ncccc6c5)n4n3)ccc2N1CCOC1CNCCO1. The van der Waals surface area contributed by atoms with Gasteiger partial charge in [0, 0.05) is 55.3 Å². The first-order valence-electron chi connectivity index (χ1n) is 13.6. The topological polar surface area (TPSA) is 107 Å². The second-order valence-corrected chi connectivity index (χ2v) is 10.1. The lowest BCUT2D eigenvalue weighted by Gasteiger charge is -2.31. The summed E-state index contributed by atoms with van der Waals surface area (Å²) in [6.45, 7) is 3.05. The molecule has 0 saturated carbocycles. The number of pyridine rings is 1. The van der Waals surface area contributed by atoms with E-state index in [-0.39, 0.29) is 12.2 Å². The largest absolute Gasteiger partial charge is 0.350 e. The fourth-order valence-electron chi connectivity index (χ4n) is 5.40. The molecule has 2 aliphatic heterocycles. The van der Waals surface area contributed by atoms with Gasteiger partial charge < -0.3 is 19.7 Å². The van der Waals surface area contributed by atoms with Crippen molar-refractivity contribution in [3.8, 4) is 11.3 Å². The quantitative estimate of drug-likeness (QED) is 0.339. The van der Waals surface area contributed by atoms with E-state index in [9.17, 15) is 4.79 Å². The van der Waals surface area contributed by atoms with E-state index in [1.165, 1.54) is 0 Å². The number of aryl methyl sites for hydroxylation is 1. The summed E-state index contributed by atoms with van der Waals surface area (Å²) in [5, 5.41) is 18.0. The van der Waals surface area contributed by atoms with Crippen LogP contribution in [0.25, 0.3) is 27.8 Å². The number of carbonyl (C=O) groups excluding carboxylic acids is 1. The summed E-state index contributed by atoms with van der Waals surface area (Å²) in [5.41, 5.74) is 6.67. The summed E-state index contributed by atoms with van der Waals surface area (Å²) >= 11 is 0. The molecule has 5 aromatic rings. The number of rotatable bonds is 7. The molecular formula is C30H29N7O3. The number of nitrogens with one attached hydrogen (secondary N) is 1. The van der Waals surface area contributed by atoms with Gasteiger partial charge >= 0.3 is 0 Å². The van der Waals surface area contributed by atoms with Gasteiger partial charge in [0.05, 0.1) is 24.4 Å². The van der Waals surface area contributed by atoms with Crippen LogP contribution < -0.4 is 10.2 Å². The van der Waals surface area contributed by atoms with E-state index in [2.05, 4.69) is 44.8 Å². The predicted octanol–water partition coefficient (Wildman–Crippen LogP) is 3.17. The standard InChI is InChI=1S/C30H29N7O3/c38-29-10-5-23-18-22(4-8-26(23)36(29)13-15-40-30-19-31-12-14-39-30)25-7-9-27-33-34-28(37(27)35-25)17-20-3-6-24-21(16-20)2-1-11-32-24/h1-4,6-9,11,16,18,30-31H,5,10,12-15,17,19H2. The number of carbonyl (C=O) groups is 1. The van der Waals surface area contributed by atoms with E-state index in [4.69, 9.17) is 14.6 Å².